The van der Waals surface area contributed by atoms with Crippen molar-refractivity contribution in [2.24, 2.45) is 5.84 Å². The van der Waals surface area contributed by atoms with Gasteiger partial charge in [-0.2, -0.15) is 0 Å². The molecule has 0 aliphatic heterocycles. The van der Waals surface area contributed by atoms with E-state index in [1.54, 1.807) is 0 Å². The monoisotopic (exact) mass is 150 g/mol. The summed E-state index contributed by atoms with van der Waals surface area (Å²) in [5.74, 6) is 5.37. The first-order valence-electron chi connectivity index (χ1n) is 3.70. The van der Waals surface area contributed by atoms with Crippen LogP contribution in [0.25, 0.3) is 0 Å². The molecule has 11 heavy (non-hydrogen) atoms. The summed E-state index contributed by atoms with van der Waals surface area (Å²) in [4.78, 5) is 0. The molecule has 3 N–H and O–H groups in total. The normalized spacial score (nSPS) is 9.82. The number of hydrogen-bond acceptors (Lipinski definition) is 2. The van der Waals surface area contributed by atoms with Crippen molar-refractivity contribution in [1.29, 1.82) is 0 Å². The van der Waals surface area contributed by atoms with Crippen LogP contribution in [-0.2, 0) is 0 Å². The predicted octanol–water partition coefficient (Wildman–Crippen LogP) is 1.90. The molecule has 60 valence electrons. The van der Waals surface area contributed by atoms with Crippen molar-refractivity contribution in [3.63, 3.8) is 0 Å². The summed E-state index contributed by atoms with van der Waals surface area (Å²) in [7, 11) is 0. The number of nitrogens with two attached hydrogens (primary N) is 1. The van der Waals surface area contributed by atoms with Gasteiger partial charge in [-0.05, 0) is 37.5 Å². The van der Waals surface area contributed by atoms with Crippen LogP contribution < -0.4 is 11.3 Å². The Balaban J connectivity index is 3.29. The Labute approximate surface area is 67.4 Å². The van der Waals surface area contributed by atoms with E-state index in [1.165, 1.54) is 16.7 Å². The first kappa shape index (κ1) is 8.08. The van der Waals surface area contributed by atoms with Crippen molar-refractivity contribution in [3.05, 3.63) is 28.8 Å². The van der Waals surface area contributed by atoms with Crippen molar-refractivity contribution in [3.8, 4) is 0 Å². The average molecular weight is 150 g/mol. The van der Waals surface area contributed by atoms with Gasteiger partial charge in [0, 0.05) is 0 Å². The zero-order chi connectivity index (χ0) is 8.43. The van der Waals surface area contributed by atoms with Gasteiger partial charge in [-0.15, -0.1) is 0 Å². The Hall–Kier alpha value is -1.02. The number of aryl methyl sites for hydroxylation is 2. The maximum Gasteiger partial charge on any atom is 0.0546 e. The number of nitrogens with one attached hydrogen (secondary N) is 1. The lowest BCUT2D eigenvalue weighted by molar-refractivity contribution is 1.23. The van der Waals surface area contributed by atoms with Gasteiger partial charge < -0.3 is 5.43 Å². The number of anilines is 1. The van der Waals surface area contributed by atoms with Crippen LogP contribution in [0.2, 0.25) is 0 Å². The molecule has 2 nitrogen and oxygen atoms in total. The maximum atomic E-state index is 5.37. The van der Waals surface area contributed by atoms with Crippen molar-refractivity contribution in [1.82, 2.24) is 0 Å². The van der Waals surface area contributed by atoms with Crippen molar-refractivity contribution >= 4 is 5.69 Å². The summed E-state index contributed by atoms with van der Waals surface area (Å²) < 4.78 is 0. The summed E-state index contributed by atoms with van der Waals surface area (Å²) >= 11 is 0. The van der Waals surface area contributed by atoms with Gasteiger partial charge in [0.05, 0.1) is 5.69 Å². The fourth-order valence-electron chi connectivity index (χ4n) is 1.17. The fourth-order valence-corrected chi connectivity index (χ4v) is 1.17. The standard InChI is InChI=1S/C9H14N2/c1-6-4-5-7(2)9(11-10)8(6)3/h4-5,11H,10H2,1-3H3. The molecule has 0 aliphatic rings. The van der Waals surface area contributed by atoms with Gasteiger partial charge in [-0.3, -0.25) is 5.84 Å². The third-order valence-electron chi connectivity index (χ3n) is 2.09. The second kappa shape index (κ2) is 2.93. The molecular weight excluding hydrogens is 136 g/mol. The number of hydrogen-bond donors (Lipinski definition) is 2. The summed E-state index contributed by atoms with van der Waals surface area (Å²) in [6.45, 7) is 6.19. The minimum absolute atomic E-state index is 1.05. The van der Waals surface area contributed by atoms with Gasteiger partial charge in [0.25, 0.3) is 0 Å². The Kier molecular flexibility index (Phi) is 2.15. The van der Waals surface area contributed by atoms with E-state index < -0.39 is 0 Å². The summed E-state index contributed by atoms with van der Waals surface area (Å²) in [6.07, 6.45) is 0. The zero-order valence-corrected chi connectivity index (χ0v) is 7.23. The van der Waals surface area contributed by atoms with Crippen LogP contribution in [0.15, 0.2) is 12.1 Å². The van der Waals surface area contributed by atoms with E-state index in [1.807, 2.05) is 6.92 Å². The Morgan fingerprint density at radius 1 is 1.09 bits per heavy atom. The molecule has 1 aromatic carbocycles. The van der Waals surface area contributed by atoms with Crippen molar-refractivity contribution in [2.75, 3.05) is 5.43 Å². The third kappa shape index (κ3) is 1.35. The molecule has 0 amide bonds. The van der Waals surface area contributed by atoms with E-state index in [9.17, 15) is 0 Å². The molecule has 1 aromatic rings. The van der Waals surface area contributed by atoms with Crippen LogP contribution in [0.3, 0.4) is 0 Å². The zero-order valence-electron chi connectivity index (χ0n) is 7.23. The minimum atomic E-state index is 1.05. The van der Waals surface area contributed by atoms with Gasteiger partial charge in [-0.1, -0.05) is 12.1 Å². The van der Waals surface area contributed by atoms with Crippen molar-refractivity contribution < 1.29 is 0 Å². The highest BCUT2D eigenvalue weighted by atomic mass is 15.2. The van der Waals surface area contributed by atoms with Crippen LogP contribution in [0, 0.1) is 20.8 Å². The van der Waals surface area contributed by atoms with Gasteiger partial charge in [0.15, 0.2) is 0 Å². The Morgan fingerprint density at radius 2 is 1.64 bits per heavy atom. The van der Waals surface area contributed by atoms with E-state index in [2.05, 4.69) is 31.4 Å². The van der Waals surface area contributed by atoms with E-state index in [0.29, 0.717) is 0 Å². The molecule has 0 saturated carbocycles. The first-order chi connectivity index (χ1) is 5.16. The SMILES string of the molecule is Cc1ccc(C)c(NN)c1C. The maximum absolute atomic E-state index is 5.37. The van der Waals surface area contributed by atoms with Gasteiger partial charge >= 0.3 is 0 Å². The smallest absolute Gasteiger partial charge is 0.0546 e. The largest absolute Gasteiger partial charge is 0.324 e. The van der Waals surface area contributed by atoms with Crippen LogP contribution >= 0.6 is 0 Å². The van der Waals surface area contributed by atoms with E-state index in [0.717, 1.165) is 5.69 Å². The highest BCUT2D eigenvalue weighted by Crippen LogP contribution is 2.21. The molecule has 0 aliphatic carbocycles. The Bertz CT molecular complexity index is 267. The number of nitrogen functional groups attached to an aromatic ring is 1. The average Bonchev–Trinajstić information content (AvgIpc) is 1.99. The third-order valence-corrected chi connectivity index (χ3v) is 2.09. The fraction of sp³-hybridized carbons (Fsp3) is 0.333. The second-order valence-corrected chi connectivity index (χ2v) is 2.84. The molecule has 0 fully saturated rings. The summed E-state index contributed by atoms with van der Waals surface area (Å²) in [5.41, 5.74) is 7.44. The lowest BCUT2D eigenvalue weighted by Gasteiger charge is -2.10. The van der Waals surface area contributed by atoms with E-state index in [-0.39, 0.29) is 0 Å². The molecule has 1 rings (SSSR count). The molecule has 0 saturated heterocycles. The van der Waals surface area contributed by atoms with Crippen LogP contribution in [0.4, 0.5) is 5.69 Å². The van der Waals surface area contributed by atoms with Crippen LogP contribution in [-0.4, -0.2) is 0 Å². The number of rotatable bonds is 1. The topological polar surface area (TPSA) is 38.0 Å². The summed E-state index contributed by atoms with van der Waals surface area (Å²) in [6, 6.07) is 4.17. The van der Waals surface area contributed by atoms with Gasteiger partial charge in [-0.25, -0.2) is 0 Å². The lowest BCUT2D eigenvalue weighted by atomic mass is 10.0. The molecule has 0 aromatic heterocycles. The van der Waals surface area contributed by atoms with Crippen LogP contribution in [0.5, 0.6) is 0 Å². The highest BCUT2D eigenvalue weighted by molar-refractivity contribution is 5.58. The van der Waals surface area contributed by atoms with Crippen molar-refractivity contribution in [2.45, 2.75) is 20.8 Å². The molecule has 0 radical (unpaired) electrons. The molecule has 0 bridgehead atoms. The molecule has 0 heterocycles. The molecule has 0 spiro atoms. The number of benzene rings is 1. The van der Waals surface area contributed by atoms with Gasteiger partial charge in [0.2, 0.25) is 0 Å². The molecule has 2 heteroatoms. The lowest BCUT2D eigenvalue weighted by Crippen LogP contribution is -2.10. The molecular formula is C9H14N2. The molecule has 0 atom stereocenters. The van der Waals surface area contributed by atoms with E-state index in [4.69, 9.17) is 5.84 Å². The van der Waals surface area contributed by atoms with E-state index >= 15 is 0 Å². The number of hydrazine groups is 1. The minimum Gasteiger partial charge on any atom is -0.324 e. The highest BCUT2D eigenvalue weighted by Gasteiger charge is 2.01. The first-order valence-corrected chi connectivity index (χ1v) is 3.70. The van der Waals surface area contributed by atoms with Gasteiger partial charge in [0.1, 0.15) is 0 Å². The van der Waals surface area contributed by atoms with Crippen LogP contribution in [0.1, 0.15) is 16.7 Å². The second-order valence-electron chi connectivity index (χ2n) is 2.84. The summed E-state index contributed by atoms with van der Waals surface area (Å²) in [5, 5.41) is 0. The molecule has 0 unspecified atom stereocenters. The Morgan fingerprint density at radius 3 is 2.09 bits per heavy atom. The quantitative estimate of drug-likeness (QED) is 0.474. The predicted molar refractivity (Wildman–Crippen MR) is 48.5 cm³/mol.